The minimum atomic E-state index is -3.69. The summed E-state index contributed by atoms with van der Waals surface area (Å²) in [6.07, 6.45) is 4.72. The van der Waals surface area contributed by atoms with Crippen LogP contribution in [-0.2, 0) is 14.8 Å². The second kappa shape index (κ2) is 10.7. The number of rotatable bonds is 7. The number of carbonyl (C=O) groups is 1. The highest BCUT2D eigenvalue weighted by Crippen LogP contribution is 2.30. The van der Waals surface area contributed by atoms with E-state index in [0.29, 0.717) is 34.4 Å². The highest BCUT2D eigenvalue weighted by molar-refractivity contribution is 7.93. The Kier molecular flexibility index (Phi) is 7.69. The number of thiazole rings is 1. The number of allylic oxidation sites excluding steroid dienone is 1. The average molecular weight is 529 g/mol. The summed E-state index contributed by atoms with van der Waals surface area (Å²) >= 11 is 7.45. The molecule has 1 saturated heterocycles. The van der Waals surface area contributed by atoms with Crippen molar-refractivity contribution in [1.29, 1.82) is 5.41 Å². The molecule has 4 rings (SSSR count). The van der Waals surface area contributed by atoms with Gasteiger partial charge in [-0.15, -0.1) is 11.3 Å². The molecule has 2 aromatic carbocycles. The molecule has 10 heteroatoms. The molecule has 1 aliphatic rings. The Bertz CT molecular complexity index is 1350. The van der Waals surface area contributed by atoms with Gasteiger partial charge in [0.25, 0.3) is 15.9 Å². The van der Waals surface area contributed by atoms with E-state index in [1.165, 1.54) is 11.3 Å². The zero-order valence-corrected chi connectivity index (χ0v) is 21.5. The number of carbonyl (C=O) groups excluding carboxylic acids is 1. The summed E-state index contributed by atoms with van der Waals surface area (Å²) < 4.78 is 27.6. The largest absolute Gasteiger partial charge is 0.339 e. The number of benzene rings is 2. The summed E-state index contributed by atoms with van der Waals surface area (Å²) in [6.45, 7) is 2.87. The molecule has 0 atom stereocenters. The van der Waals surface area contributed by atoms with Crippen molar-refractivity contribution in [2.45, 2.75) is 30.6 Å². The van der Waals surface area contributed by atoms with E-state index in [9.17, 15) is 13.2 Å². The van der Waals surface area contributed by atoms with Crippen molar-refractivity contribution in [3.05, 3.63) is 87.9 Å². The molecule has 0 unspecified atom stereocenters. The number of aromatic nitrogens is 1. The second-order valence-electron chi connectivity index (χ2n) is 8.14. The van der Waals surface area contributed by atoms with E-state index in [-0.39, 0.29) is 22.4 Å². The molecule has 2 N–H and O–H groups in total. The van der Waals surface area contributed by atoms with E-state index in [1.807, 2.05) is 12.1 Å². The third kappa shape index (κ3) is 5.63. The van der Waals surface area contributed by atoms with Gasteiger partial charge in [-0.3, -0.25) is 14.9 Å². The van der Waals surface area contributed by atoms with Gasteiger partial charge in [0.1, 0.15) is 0 Å². The molecule has 3 aromatic rings. The summed E-state index contributed by atoms with van der Waals surface area (Å²) in [5, 5.41) is 11.0. The maximum Gasteiger partial charge on any atom is 0.263 e. The van der Waals surface area contributed by atoms with E-state index in [2.05, 4.69) is 9.71 Å². The minimum absolute atomic E-state index is 0.119. The fraction of sp³-hybridized carbons (Fsp3) is 0.240. The first-order valence-corrected chi connectivity index (χ1v) is 13.9. The van der Waals surface area contributed by atoms with Crippen molar-refractivity contribution < 1.29 is 13.2 Å². The molecule has 7 nitrogen and oxygen atoms in total. The lowest BCUT2D eigenvalue weighted by Gasteiger charge is -2.33. The lowest BCUT2D eigenvalue weighted by molar-refractivity contribution is -0.127. The number of anilines is 1. The molecule has 2 heterocycles. The third-order valence-electron chi connectivity index (χ3n) is 6.03. The maximum atomic E-state index is 13.2. The van der Waals surface area contributed by atoms with Crippen molar-refractivity contribution in [3.63, 3.8) is 0 Å². The number of amides is 1. The van der Waals surface area contributed by atoms with E-state index in [0.717, 1.165) is 18.4 Å². The zero-order valence-electron chi connectivity index (χ0n) is 19.1. The number of halogens is 1. The summed E-state index contributed by atoms with van der Waals surface area (Å²) in [5.74, 6) is 0.0466. The van der Waals surface area contributed by atoms with Crippen LogP contribution in [0.25, 0.3) is 0 Å². The van der Waals surface area contributed by atoms with Crippen LogP contribution in [0.15, 0.2) is 76.7 Å². The van der Waals surface area contributed by atoms with Crippen molar-refractivity contribution >= 4 is 49.7 Å². The van der Waals surface area contributed by atoms with E-state index in [4.69, 9.17) is 17.0 Å². The number of piperidine rings is 1. The zero-order chi connectivity index (χ0) is 25.0. The highest BCUT2D eigenvalue weighted by Gasteiger charge is 2.28. The van der Waals surface area contributed by atoms with Gasteiger partial charge in [0.15, 0.2) is 5.13 Å². The monoisotopic (exact) mass is 528 g/mol. The van der Waals surface area contributed by atoms with Crippen LogP contribution in [0.1, 0.15) is 36.8 Å². The maximum absolute atomic E-state index is 13.2. The van der Waals surface area contributed by atoms with E-state index in [1.54, 1.807) is 65.9 Å². The van der Waals surface area contributed by atoms with Gasteiger partial charge in [-0.1, -0.05) is 48.0 Å². The third-order valence-corrected chi connectivity index (χ3v) is 8.53. The summed E-state index contributed by atoms with van der Waals surface area (Å²) in [7, 11) is -3.69. The number of hydrogen-bond donors (Lipinski definition) is 2. The van der Waals surface area contributed by atoms with Crippen LogP contribution < -0.4 is 4.72 Å². The van der Waals surface area contributed by atoms with Gasteiger partial charge >= 0.3 is 0 Å². The topological polar surface area (TPSA) is 103 Å². The van der Waals surface area contributed by atoms with Crippen molar-refractivity contribution in [2.24, 2.45) is 0 Å². The fourth-order valence-corrected chi connectivity index (χ4v) is 6.16. The van der Waals surface area contributed by atoms with Gasteiger partial charge in [0.2, 0.25) is 0 Å². The predicted molar refractivity (Wildman–Crippen MR) is 140 cm³/mol. The van der Waals surface area contributed by atoms with Gasteiger partial charge in [-0.25, -0.2) is 13.4 Å². The van der Waals surface area contributed by atoms with Gasteiger partial charge < -0.3 is 4.90 Å². The average Bonchev–Trinajstić information content (AvgIpc) is 3.37. The van der Waals surface area contributed by atoms with Crippen molar-refractivity contribution in [3.8, 4) is 0 Å². The van der Waals surface area contributed by atoms with Crippen molar-refractivity contribution in [2.75, 3.05) is 17.8 Å². The Hall–Kier alpha value is -3.01. The van der Waals surface area contributed by atoms with Crippen LogP contribution >= 0.6 is 22.9 Å². The molecule has 1 fully saturated rings. The lowest BCUT2D eigenvalue weighted by atomic mass is 9.89. The standard InChI is InChI=1S/C25H25ClN4O3S2/c1-2-20(23(27)21-5-3-4-6-22(21)26)24(31)30-14-11-18(12-15-30)17-7-9-19(10-8-17)35(32,33)29-25-28-13-16-34-25/h2-10,13,16,18,27H,11-12,14-15H2,1H3,(H,28,29). The summed E-state index contributed by atoms with van der Waals surface area (Å²) in [6, 6.07) is 13.9. The quantitative estimate of drug-likeness (QED) is 0.320. The summed E-state index contributed by atoms with van der Waals surface area (Å²) in [5.41, 5.74) is 2.03. The Balaban J connectivity index is 1.39. The van der Waals surface area contributed by atoms with Gasteiger partial charge in [0, 0.05) is 35.3 Å². The second-order valence-corrected chi connectivity index (χ2v) is 11.1. The SMILES string of the molecule is CC=C(C(=N)c1ccccc1Cl)C(=O)N1CCC(c2ccc(S(=O)(=O)Nc3nccs3)cc2)CC1. The molecule has 182 valence electrons. The van der Waals surface area contributed by atoms with Crippen LogP contribution in [-0.4, -0.2) is 43.0 Å². The molecular formula is C25H25ClN4O3S2. The molecule has 0 spiro atoms. The smallest absolute Gasteiger partial charge is 0.263 e. The molecule has 1 amide bonds. The number of nitrogens with zero attached hydrogens (tertiary/aromatic N) is 2. The van der Waals surface area contributed by atoms with Gasteiger partial charge in [-0.05, 0) is 49.4 Å². The van der Waals surface area contributed by atoms with Crippen LogP contribution in [0.5, 0.6) is 0 Å². The van der Waals surface area contributed by atoms with Crippen molar-refractivity contribution in [1.82, 2.24) is 9.88 Å². The fourth-order valence-electron chi connectivity index (χ4n) is 4.14. The molecule has 35 heavy (non-hydrogen) atoms. The van der Waals surface area contributed by atoms with Crippen LogP contribution in [0.3, 0.4) is 0 Å². The molecular weight excluding hydrogens is 504 g/mol. The lowest BCUT2D eigenvalue weighted by Crippen LogP contribution is -2.40. The number of likely N-dealkylation sites (tertiary alicyclic amines) is 1. The minimum Gasteiger partial charge on any atom is -0.339 e. The molecule has 1 aliphatic heterocycles. The number of hydrogen-bond acceptors (Lipinski definition) is 6. The molecule has 0 saturated carbocycles. The van der Waals surface area contributed by atoms with Crippen LogP contribution in [0, 0.1) is 5.41 Å². The molecule has 0 bridgehead atoms. The Labute approximate surface area is 214 Å². The first-order valence-electron chi connectivity index (χ1n) is 11.1. The summed E-state index contributed by atoms with van der Waals surface area (Å²) in [4.78, 5) is 19.1. The number of sulfonamides is 1. The Morgan fingerprint density at radius 3 is 2.46 bits per heavy atom. The Morgan fingerprint density at radius 2 is 1.86 bits per heavy atom. The predicted octanol–water partition coefficient (Wildman–Crippen LogP) is 5.32. The van der Waals surface area contributed by atoms with E-state index < -0.39 is 10.0 Å². The molecule has 0 radical (unpaired) electrons. The van der Waals surface area contributed by atoms with Crippen LogP contribution in [0.4, 0.5) is 5.13 Å². The van der Waals surface area contributed by atoms with Crippen LogP contribution in [0.2, 0.25) is 5.02 Å². The number of nitrogens with one attached hydrogen (secondary N) is 2. The molecule has 0 aliphatic carbocycles. The first kappa shape index (κ1) is 25.1. The van der Waals surface area contributed by atoms with Gasteiger partial charge in [-0.2, -0.15) is 0 Å². The molecule has 1 aromatic heterocycles. The first-order chi connectivity index (χ1) is 16.8. The normalized spacial score (nSPS) is 15.1. The van der Waals surface area contributed by atoms with E-state index >= 15 is 0 Å². The van der Waals surface area contributed by atoms with Gasteiger partial charge in [0.05, 0.1) is 16.2 Å². The highest BCUT2D eigenvalue weighted by atomic mass is 35.5. The Morgan fingerprint density at radius 1 is 1.17 bits per heavy atom.